The summed E-state index contributed by atoms with van der Waals surface area (Å²) in [6.07, 6.45) is 5.20. The Labute approximate surface area is 76.3 Å². The van der Waals surface area contributed by atoms with Crippen LogP contribution in [-0.2, 0) is 4.74 Å². The zero-order chi connectivity index (χ0) is 7.94. The zero-order valence-electron chi connectivity index (χ0n) is 7.02. The number of hydrogen-bond donors (Lipinski definition) is 0. The molecule has 0 saturated carbocycles. The van der Waals surface area contributed by atoms with Gasteiger partial charge in [-0.25, -0.2) is 0 Å². The van der Waals surface area contributed by atoms with Gasteiger partial charge in [-0.15, -0.1) is 11.6 Å². The van der Waals surface area contributed by atoms with Gasteiger partial charge >= 0.3 is 0 Å². The molecule has 0 amide bonds. The van der Waals surface area contributed by atoms with Crippen molar-refractivity contribution in [2.24, 2.45) is 0 Å². The predicted octanol–water partition coefficient (Wildman–Crippen LogP) is 1.73. The molecular formula is C8H17ClOSi. The third kappa shape index (κ3) is 4.14. The van der Waals surface area contributed by atoms with E-state index >= 15 is 0 Å². The molecule has 1 fully saturated rings. The molecule has 0 bridgehead atoms. The van der Waals surface area contributed by atoms with Gasteiger partial charge in [0.25, 0.3) is 0 Å². The Morgan fingerprint density at radius 1 is 1.45 bits per heavy atom. The molecule has 66 valence electrons. The van der Waals surface area contributed by atoms with E-state index in [1.807, 2.05) is 0 Å². The van der Waals surface area contributed by atoms with E-state index in [4.69, 9.17) is 16.3 Å². The van der Waals surface area contributed by atoms with Crippen molar-refractivity contribution in [3.63, 3.8) is 0 Å². The SMILES string of the molecule is ClCCC[SiH2]C1CCCCO1. The van der Waals surface area contributed by atoms with Crippen LogP contribution in [-0.4, -0.2) is 27.7 Å². The van der Waals surface area contributed by atoms with Gasteiger partial charge in [-0.1, -0.05) is 6.04 Å². The Morgan fingerprint density at radius 3 is 3.00 bits per heavy atom. The van der Waals surface area contributed by atoms with E-state index < -0.39 is 0 Å². The van der Waals surface area contributed by atoms with E-state index in [1.165, 1.54) is 31.7 Å². The summed E-state index contributed by atoms with van der Waals surface area (Å²) < 4.78 is 5.64. The van der Waals surface area contributed by atoms with Crippen LogP contribution < -0.4 is 0 Å². The van der Waals surface area contributed by atoms with Gasteiger partial charge in [0.1, 0.15) is 0 Å². The minimum absolute atomic E-state index is 0.0479. The molecule has 1 unspecified atom stereocenters. The lowest BCUT2D eigenvalue weighted by Crippen LogP contribution is -2.25. The van der Waals surface area contributed by atoms with Crippen LogP contribution in [0.1, 0.15) is 25.7 Å². The highest BCUT2D eigenvalue weighted by molar-refractivity contribution is 6.37. The molecule has 3 heteroatoms. The van der Waals surface area contributed by atoms with Crippen molar-refractivity contribution >= 4 is 21.1 Å². The van der Waals surface area contributed by atoms with Crippen LogP contribution in [0.15, 0.2) is 0 Å². The van der Waals surface area contributed by atoms with Crippen molar-refractivity contribution in [1.29, 1.82) is 0 Å². The largest absolute Gasteiger partial charge is 0.382 e. The molecule has 1 nitrogen and oxygen atoms in total. The molecule has 1 rings (SSSR count). The number of hydrogen-bond acceptors (Lipinski definition) is 1. The Kier molecular flexibility index (Phi) is 5.24. The molecule has 0 aromatic heterocycles. The second-order valence-corrected chi connectivity index (χ2v) is 5.75. The second kappa shape index (κ2) is 6.04. The summed E-state index contributed by atoms with van der Waals surface area (Å²) in [4.78, 5) is 0. The zero-order valence-corrected chi connectivity index (χ0v) is 9.19. The number of rotatable bonds is 4. The maximum atomic E-state index is 5.64. The first-order chi connectivity index (χ1) is 5.43. The van der Waals surface area contributed by atoms with Crippen LogP contribution in [0.5, 0.6) is 0 Å². The highest BCUT2D eigenvalue weighted by Gasteiger charge is 2.12. The smallest absolute Gasteiger partial charge is 0.0556 e. The summed E-state index contributed by atoms with van der Waals surface area (Å²) in [5, 5.41) is 0. The van der Waals surface area contributed by atoms with E-state index in [0.717, 1.165) is 12.5 Å². The van der Waals surface area contributed by atoms with E-state index in [-0.39, 0.29) is 9.52 Å². The van der Waals surface area contributed by atoms with E-state index in [9.17, 15) is 0 Å². The number of alkyl halides is 1. The average Bonchev–Trinajstić information content (AvgIpc) is 2.07. The van der Waals surface area contributed by atoms with Crippen LogP contribution in [0.25, 0.3) is 0 Å². The van der Waals surface area contributed by atoms with Crippen LogP contribution in [0, 0.1) is 0 Å². The monoisotopic (exact) mass is 192 g/mol. The van der Waals surface area contributed by atoms with E-state index in [0.29, 0.717) is 5.73 Å². The molecule has 1 aliphatic heterocycles. The highest BCUT2D eigenvalue weighted by Crippen LogP contribution is 2.12. The van der Waals surface area contributed by atoms with E-state index in [2.05, 4.69) is 0 Å². The third-order valence-electron chi connectivity index (χ3n) is 2.18. The predicted molar refractivity (Wildman–Crippen MR) is 52.3 cm³/mol. The molecule has 0 spiro atoms. The lowest BCUT2D eigenvalue weighted by atomic mass is 10.2. The summed E-state index contributed by atoms with van der Waals surface area (Å²) in [7, 11) is 0.0479. The molecule has 1 atom stereocenters. The van der Waals surface area contributed by atoms with Crippen LogP contribution in [0.3, 0.4) is 0 Å². The maximum absolute atomic E-state index is 5.64. The first-order valence-electron chi connectivity index (χ1n) is 4.61. The quantitative estimate of drug-likeness (QED) is 0.375. The van der Waals surface area contributed by atoms with E-state index in [1.54, 1.807) is 0 Å². The number of ether oxygens (including phenoxy) is 1. The van der Waals surface area contributed by atoms with Gasteiger partial charge in [0.15, 0.2) is 0 Å². The molecule has 0 radical (unpaired) electrons. The van der Waals surface area contributed by atoms with Gasteiger partial charge in [0.2, 0.25) is 0 Å². The van der Waals surface area contributed by atoms with Crippen LogP contribution in [0.4, 0.5) is 0 Å². The van der Waals surface area contributed by atoms with Gasteiger partial charge in [-0.3, -0.25) is 0 Å². The molecule has 1 heterocycles. The van der Waals surface area contributed by atoms with Crippen LogP contribution in [0.2, 0.25) is 6.04 Å². The number of halogens is 1. The molecule has 0 aliphatic carbocycles. The fourth-order valence-electron chi connectivity index (χ4n) is 1.50. The molecular weight excluding hydrogens is 176 g/mol. The van der Waals surface area contributed by atoms with Crippen molar-refractivity contribution in [3.8, 4) is 0 Å². The van der Waals surface area contributed by atoms with Gasteiger partial charge in [0.05, 0.1) is 9.52 Å². The van der Waals surface area contributed by atoms with Crippen molar-refractivity contribution in [2.45, 2.75) is 37.5 Å². The Hall–Kier alpha value is 0.467. The average molecular weight is 193 g/mol. The Balaban J connectivity index is 1.96. The first kappa shape index (κ1) is 9.55. The molecule has 0 aromatic rings. The normalized spacial score (nSPS) is 26.5. The first-order valence-corrected chi connectivity index (χ1v) is 6.96. The molecule has 0 aromatic carbocycles. The summed E-state index contributed by atoms with van der Waals surface area (Å²) in [6, 6.07) is 1.37. The topological polar surface area (TPSA) is 9.23 Å². The third-order valence-corrected chi connectivity index (χ3v) is 4.65. The van der Waals surface area contributed by atoms with Gasteiger partial charge in [-0.2, -0.15) is 0 Å². The van der Waals surface area contributed by atoms with Crippen molar-refractivity contribution < 1.29 is 4.74 Å². The van der Waals surface area contributed by atoms with Gasteiger partial charge in [-0.05, 0) is 25.7 Å². The van der Waals surface area contributed by atoms with Gasteiger partial charge < -0.3 is 4.74 Å². The molecule has 0 N–H and O–H groups in total. The minimum atomic E-state index is 0.0479. The van der Waals surface area contributed by atoms with Crippen molar-refractivity contribution in [3.05, 3.63) is 0 Å². The molecule has 1 aliphatic rings. The lowest BCUT2D eigenvalue weighted by molar-refractivity contribution is 0.0650. The lowest BCUT2D eigenvalue weighted by Gasteiger charge is -2.21. The molecule has 1 saturated heterocycles. The summed E-state index contributed by atoms with van der Waals surface area (Å²) in [6.45, 7) is 1.01. The maximum Gasteiger partial charge on any atom is 0.0556 e. The molecule has 11 heavy (non-hydrogen) atoms. The van der Waals surface area contributed by atoms with Crippen LogP contribution >= 0.6 is 11.6 Å². The standard InChI is InChI=1S/C8H17ClOSi/c9-5-3-7-11-8-4-1-2-6-10-8/h8H,1-7,11H2. The summed E-state index contributed by atoms with van der Waals surface area (Å²) in [5.41, 5.74) is 0.687. The minimum Gasteiger partial charge on any atom is -0.382 e. The Morgan fingerprint density at radius 2 is 2.36 bits per heavy atom. The van der Waals surface area contributed by atoms with Gasteiger partial charge in [0, 0.05) is 18.2 Å². The van der Waals surface area contributed by atoms with Crippen molar-refractivity contribution in [2.75, 3.05) is 12.5 Å². The Bertz CT molecular complexity index is 94.1. The van der Waals surface area contributed by atoms with Crippen molar-refractivity contribution in [1.82, 2.24) is 0 Å². The summed E-state index contributed by atoms with van der Waals surface area (Å²) in [5.74, 6) is 0.833. The second-order valence-electron chi connectivity index (χ2n) is 3.17. The summed E-state index contributed by atoms with van der Waals surface area (Å²) >= 11 is 5.60. The fraction of sp³-hybridized carbons (Fsp3) is 1.00. The highest BCUT2D eigenvalue weighted by atomic mass is 35.5. The fourth-order valence-corrected chi connectivity index (χ4v) is 3.91.